The molecule has 0 bridgehead atoms. The van der Waals surface area contributed by atoms with Gasteiger partial charge in [0.15, 0.2) is 11.5 Å². The van der Waals surface area contributed by atoms with Crippen molar-refractivity contribution < 1.29 is 28.6 Å². The largest absolute Gasteiger partial charge is 0.493 e. The summed E-state index contributed by atoms with van der Waals surface area (Å²) in [5, 5.41) is 2.39. The maximum absolute atomic E-state index is 12.8. The lowest BCUT2D eigenvalue weighted by Gasteiger charge is -2.14. The number of hydrogen-bond acceptors (Lipinski definition) is 7. The van der Waals surface area contributed by atoms with Gasteiger partial charge in [0, 0.05) is 18.7 Å². The highest BCUT2D eigenvalue weighted by atomic mass is 32.2. The molecule has 1 aliphatic rings. The zero-order valence-corrected chi connectivity index (χ0v) is 20.0. The van der Waals surface area contributed by atoms with Crippen molar-refractivity contribution in [2.75, 3.05) is 34.4 Å². The predicted octanol–water partition coefficient (Wildman–Crippen LogP) is 3.80. The van der Waals surface area contributed by atoms with Crippen molar-refractivity contribution in [1.29, 1.82) is 0 Å². The molecule has 0 aromatic heterocycles. The number of hydrogen-bond donors (Lipinski definition) is 1. The van der Waals surface area contributed by atoms with E-state index in [2.05, 4.69) is 5.32 Å². The van der Waals surface area contributed by atoms with E-state index in [1.807, 2.05) is 26.0 Å². The van der Waals surface area contributed by atoms with Crippen LogP contribution in [0.5, 0.6) is 17.2 Å². The number of thioether (sulfide) groups is 1. The summed E-state index contributed by atoms with van der Waals surface area (Å²) in [5.74, 6) is 0.661. The molecular weight excluding hydrogens is 444 g/mol. The molecule has 2 aromatic rings. The third-order valence-corrected chi connectivity index (χ3v) is 6.24. The second-order valence-electron chi connectivity index (χ2n) is 7.30. The summed E-state index contributed by atoms with van der Waals surface area (Å²) in [4.78, 5) is 39.1. The molecule has 1 N–H and O–H groups in total. The molecule has 8 nitrogen and oxygen atoms in total. The fraction of sp³-hybridized carbons (Fsp3) is 0.292. The van der Waals surface area contributed by atoms with Crippen LogP contribution in [0.15, 0.2) is 35.2 Å². The van der Waals surface area contributed by atoms with Gasteiger partial charge in [0.25, 0.3) is 17.1 Å². The lowest BCUT2D eigenvalue weighted by molar-refractivity contribution is -0.122. The van der Waals surface area contributed by atoms with Crippen LogP contribution < -0.4 is 19.5 Å². The van der Waals surface area contributed by atoms with Crippen LogP contribution in [0.1, 0.15) is 27.0 Å². The number of carbonyl (C=O) groups excluding carboxylic acids is 3. The van der Waals surface area contributed by atoms with Gasteiger partial charge in [-0.05, 0) is 66.6 Å². The third-order valence-electron chi connectivity index (χ3n) is 5.33. The van der Waals surface area contributed by atoms with Gasteiger partial charge in [-0.1, -0.05) is 12.1 Å². The van der Waals surface area contributed by atoms with Gasteiger partial charge in [-0.15, -0.1) is 0 Å². The number of ether oxygens (including phenoxy) is 3. The monoisotopic (exact) mass is 470 g/mol. The van der Waals surface area contributed by atoms with Crippen molar-refractivity contribution in [2.24, 2.45) is 0 Å². The van der Waals surface area contributed by atoms with Crippen LogP contribution >= 0.6 is 11.8 Å². The number of imide groups is 1. The highest BCUT2D eigenvalue weighted by molar-refractivity contribution is 8.18. The van der Waals surface area contributed by atoms with Crippen LogP contribution in [-0.2, 0) is 4.79 Å². The van der Waals surface area contributed by atoms with Crippen LogP contribution in [0.25, 0.3) is 6.08 Å². The van der Waals surface area contributed by atoms with E-state index in [0.29, 0.717) is 28.4 Å². The molecule has 9 heteroatoms. The quantitative estimate of drug-likeness (QED) is 0.587. The molecular formula is C24H26N2O6S. The van der Waals surface area contributed by atoms with Crippen LogP contribution in [0.2, 0.25) is 0 Å². The van der Waals surface area contributed by atoms with Gasteiger partial charge >= 0.3 is 0 Å². The number of amides is 3. The van der Waals surface area contributed by atoms with Gasteiger partial charge in [0.1, 0.15) is 0 Å². The van der Waals surface area contributed by atoms with Gasteiger partial charge in [0.2, 0.25) is 5.75 Å². The summed E-state index contributed by atoms with van der Waals surface area (Å²) >= 11 is 0.846. The highest BCUT2D eigenvalue weighted by Gasteiger charge is 2.34. The first-order valence-corrected chi connectivity index (χ1v) is 11.0. The van der Waals surface area contributed by atoms with Crippen molar-refractivity contribution in [3.05, 3.63) is 57.5 Å². The lowest BCUT2D eigenvalue weighted by Crippen LogP contribution is -2.37. The molecule has 0 spiro atoms. The number of carbonyl (C=O) groups is 3. The zero-order valence-electron chi connectivity index (χ0n) is 19.2. The maximum atomic E-state index is 12.8. The zero-order chi connectivity index (χ0) is 24.1. The third kappa shape index (κ3) is 5.14. The van der Waals surface area contributed by atoms with Crippen molar-refractivity contribution >= 4 is 34.9 Å². The first-order valence-electron chi connectivity index (χ1n) is 10.2. The molecule has 174 valence electrons. The number of benzene rings is 2. The van der Waals surface area contributed by atoms with Gasteiger partial charge in [-0.2, -0.15) is 0 Å². The molecule has 0 aliphatic carbocycles. The Morgan fingerprint density at radius 2 is 1.73 bits per heavy atom. The van der Waals surface area contributed by atoms with Gasteiger partial charge in [0.05, 0.1) is 26.2 Å². The van der Waals surface area contributed by atoms with Crippen LogP contribution in [0.3, 0.4) is 0 Å². The van der Waals surface area contributed by atoms with E-state index in [-0.39, 0.29) is 29.1 Å². The topological polar surface area (TPSA) is 94.2 Å². The second-order valence-corrected chi connectivity index (χ2v) is 8.29. The van der Waals surface area contributed by atoms with Gasteiger partial charge in [-0.25, -0.2) is 0 Å². The molecule has 0 atom stereocenters. The van der Waals surface area contributed by atoms with Gasteiger partial charge in [-0.3, -0.25) is 19.3 Å². The Hall–Kier alpha value is -3.46. The SMILES string of the molecule is COc1cc(/C=C2\SC(=O)N(CCNC(=O)c3cccc(C)c3C)C2=O)cc(OC)c1OC. The molecule has 3 rings (SSSR count). The molecule has 3 amide bonds. The first-order chi connectivity index (χ1) is 15.8. The Kier molecular flexibility index (Phi) is 7.65. The van der Waals surface area contributed by atoms with Crippen LogP contribution in [0, 0.1) is 13.8 Å². The smallest absolute Gasteiger partial charge is 0.293 e. The fourth-order valence-corrected chi connectivity index (χ4v) is 4.27. The molecule has 0 saturated carbocycles. The predicted molar refractivity (Wildman–Crippen MR) is 127 cm³/mol. The summed E-state index contributed by atoms with van der Waals surface area (Å²) in [5.41, 5.74) is 3.12. The number of nitrogens with one attached hydrogen (secondary N) is 1. The standard InChI is InChI=1S/C24H26N2O6S/c1-14-7-6-8-17(15(14)2)22(27)25-9-10-26-23(28)20(33-24(26)29)13-16-11-18(30-3)21(32-5)19(12-16)31-4/h6-8,11-13H,9-10H2,1-5H3,(H,25,27)/b20-13-. The summed E-state index contributed by atoms with van der Waals surface area (Å²) < 4.78 is 16.0. The Balaban J connectivity index is 1.70. The average Bonchev–Trinajstić information content (AvgIpc) is 3.07. The average molecular weight is 471 g/mol. The molecule has 1 saturated heterocycles. The number of rotatable bonds is 8. The van der Waals surface area contributed by atoms with E-state index >= 15 is 0 Å². The molecule has 2 aromatic carbocycles. The minimum atomic E-state index is -0.417. The van der Waals surface area contributed by atoms with Crippen molar-refractivity contribution in [3.63, 3.8) is 0 Å². The molecule has 33 heavy (non-hydrogen) atoms. The van der Waals surface area contributed by atoms with E-state index < -0.39 is 5.91 Å². The molecule has 0 radical (unpaired) electrons. The van der Waals surface area contributed by atoms with Crippen molar-refractivity contribution in [1.82, 2.24) is 10.2 Å². The highest BCUT2D eigenvalue weighted by Crippen LogP contribution is 2.40. The second kappa shape index (κ2) is 10.4. The summed E-state index contributed by atoms with van der Waals surface area (Å²) in [7, 11) is 4.51. The lowest BCUT2D eigenvalue weighted by atomic mass is 10.0. The van der Waals surface area contributed by atoms with E-state index in [1.165, 1.54) is 21.3 Å². The number of nitrogens with zero attached hydrogens (tertiary/aromatic N) is 1. The van der Waals surface area contributed by atoms with Crippen molar-refractivity contribution in [2.45, 2.75) is 13.8 Å². The number of aryl methyl sites for hydroxylation is 1. The summed E-state index contributed by atoms with van der Waals surface area (Å²) in [6.07, 6.45) is 1.60. The van der Waals surface area contributed by atoms with Crippen LogP contribution in [0.4, 0.5) is 4.79 Å². The van der Waals surface area contributed by atoms with Crippen LogP contribution in [-0.4, -0.2) is 56.4 Å². The Bertz CT molecular complexity index is 1100. The fourth-order valence-electron chi connectivity index (χ4n) is 3.40. The van der Waals surface area contributed by atoms with E-state index in [1.54, 1.807) is 24.3 Å². The Morgan fingerprint density at radius 3 is 2.33 bits per heavy atom. The van der Waals surface area contributed by atoms with Gasteiger partial charge < -0.3 is 19.5 Å². The molecule has 0 unspecified atom stereocenters. The Labute approximate surface area is 196 Å². The normalized spacial score (nSPS) is 14.6. The van der Waals surface area contributed by atoms with E-state index in [9.17, 15) is 14.4 Å². The van der Waals surface area contributed by atoms with E-state index in [4.69, 9.17) is 14.2 Å². The summed E-state index contributed by atoms with van der Waals surface area (Å²) in [6, 6.07) is 8.89. The molecule has 1 aliphatic heterocycles. The molecule has 1 fully saturated rings. The first kappa shape index (κ1) is 24.2. The Morgan fingerprint density at radius 1 is 1.06 bits per heavy atom. The minimum absolute atomic E-state index is 0.0772. The van der Waals surface area contributed by atoms with E-state index in [0.717, 1.165) is 27.8 Å². The minimum Gasteiger partial charge on any atom is -0.493 e. The maximum Gasteiger partial charge on any atom is 0.293 e. The molecule has 1 heterocycles. The van der Waals surface area contributed by atoms with Crippen molar-refractivity contribution in [3.8, 4) is 17.2 Å². The number of methoxy groups -OCH3 is 3. The summed E-state index contributed by atoms with van der Waals surface area (Å²) in [6.45, 7) is 4.05.